The number of hydrogen-bond donors (Lipinski definition) is 1. The number of likely N-dealkylation sites (N-methyl/N-ethyl adjacent to an activating group) is 1. The topological polar surface area (TPSA) is 29.3 Å². The highest BCUT2D eigenvalue weighted by Gasteiger charge is 2.22. The summed E-state index contributed by atoms with van der Waals surface area (Å²) in [5.74, 6) is -0.205. The maximum atomic E-state index is 14.1. The van der Waals surface area contributed by atoms with E-state index in [2.05, 4.69) is 26.0 Å². The number of halogens is 1. The molecule has 1 atom stereocenters. The maximum Gasteiger partial charge on any atom is 0.146 e. The molecule has 0 heterocycles. The molecule has 2 nitrogen and oxygen atoms in total. The molecule has 3 heteroatoms. The fourth-order valence-electron chi connectivity index (χ4n) is 2.80. The predicted octanol–water partition coefficient (Wildman–Crippen LogP) is 3.97. The van der Waals surface area contributed by atoms with Gasteiger partial charge in [-0.2, -0.15) is 0 Å². The van der Waals surface area contributed by atoms with Crippen LogP contribution < -0.4 is 10.6 Å². The van der Waals surface area contributed by atoms with E-state index in [0.29, 0.717) is 18.8 Å². The average Bonchev–Trinajstić information content (AvgIpc) is 2.49. The van der Waals surface area contributed by atoms with Crippen molar-refractivity contribution in [2.24, 2.45) is 5.73 Å². The van der Waals surface area contributed by atoms with Gasteiger partial charge in [-0.3, -0.25) is 0 Å². The van der Waals surface area contributed by atoms with E-state index >= 15 is 0 Å². The van der Waals surface area contributed by atoms with Gasteiger partial charge in [0.05, 0.1) is 11.7 Å². The van der Waals surface area contributed by atoms with Crippen LogP contribution in [0.5, 0.6) is 0 Å². The zero-order valence-electron chi connectivity index (χ0n) is 12.9. The minimum Gasteiger partial charge on any atom is -0.361 e. The lowest BCUT2D eigenvalue weighted by Gasteiger charge is -2.33. The molecule has 2 rings (SSSR count). The predicted molar refractivity (Wildman–Crippen MR) is 87.1 cm³/mol. The van der Waals surface area contributed by atoms with Crippen LogP contribution in [0.3, 0.4) is 0 Å². The Morgan fingerprint density at radius 3 is 2.43 bits per heavy atom. The van der Waals surface area contributed by atoms with E-state index in [1.165, 1.54) is 22.8 Å². The molecule has 0 bridgehead atoms. The number of aryl methyl sites for hydroxylation is 1. The van der Waals surface area contributed by atoms with Gasteiger partial charge in [-0.1, -0.05) is 30.3 Å². The van der Waals surface area contributed by atoms with Crippen molar-refractivity contribution in [3.05, 3.63) is 65.0 Å². The minimum absolute atomic E-state index is 0.0215. The van der Waals surface area contributed by atoms with Crippen molar-refractivity contribution in [1.82, 2.24) is 0 Å². The maximum absolute atomic E-state index is 14.1. The number of hydrogen-bond acceptors (Lipinski definition) is 2. The Kier molecular flexibility index (Phi) is 4.97. The van der Waals surface area contributed by atoms with Gasteiger partial charge in [-0.05, 0) is 49.6 Å². The third kappa shape index (κ3) is 3.08. The van der Waals surface area contributed by atoms with Crippen molar-refractivity contribution < 1.29 is 4.39 Å². The van der Waals surface area contributed by atoms with Crippen LogP contribution in [0, 0.1) is 19.7 Å². The molecule has 21 heavy (non-hydrogen) atoms. The van der Waals surface area contributed by atoms with Crippen LogP contribution in [0.4, 0.5) is 10.1 Å². The van der Waals surface area contributed by atoms with Gasteiger partial charge in [0.2, 0.25) is 0 Å². The van der Waals surface area contributed by atoms with E-state index in [9.17, 15) is 4.39 Å². The molecule has 2 aromatic carbocycles. The summed E-state index contributed by atoms with van der Waals surface area (Å²) in [4.78, 5) is 2.04. The lowest BCUT2D eigenvalue weighted by atomic mass is 9.96. The Balaban J connectivity index is 2.48. The van der Waals surface area contributed by atoms with Gasteiger partial charge < -0.3 is 10.6 Å². The lowest BCUT2D eigenvalue weighted by Crippen LogP contribution is -2.34. The molecule has 0 aliphatic carbocycles. The molecule has 0 aliphatic rings. The Morgan fingerprint density at radius 2 is 1.81 bits per heavy atom. The van der Waals surface area contributed by atoms with Crippen molar-refractivity contribution in [3.63, 3.8) is 0 Å². The highest BCUT2D eigenvalue weighted by atomic mass is 19.1. The van der Waals surface area contributed by atoms with Gasteiger partial charge in [0.1, 0.15) is 5.82 Å². The first kappa shape index (κ1) is 15.5. The summed E-state index contributed by atoms with van der Waals surface area (Å²) in [5, 5.41) is 0. The normalized spacial score (nSPS) is 12.2. The molecule has 0 saturated heterocycles. The molecule has 0 saturated carbocycles. The largest absolute Gasteiger partial charge is 0.361 e. The summed E-state index contributed by atoms with van der Waals surface area (Å²) in [6.45, 7) is 7.37. The molecule has 0 fully saturated rings. The van der Waals surface area contributed by atoms with Crippen molar-refractivity contribution in [3.8, 4) is 0 Å². The third-order valence-electron chi connectivity index (χ3n) is 4.11. The van der Waals surface area contributed by atoms with Crippen LogP contribution in [-0.2, 0) is 0 Å². The average molecular weight is 286 g/mol. The highest BCUT2D eigenvalue weighted by Crippen LogP contribution is 2.30. The standard InChI is InChI=1S/C18H23FN2/c1-4-21(17-11-6-5-10-16(17)19)18(12-20)15-9-7-8-13(2)14(15)3/h5-11,18H,4,12,20H2,1-3H3. The molecular weight excluding hydrogens is 263 g/mol. The summed E-state index contributed by atoms with van der Waals surface area (Å²) in [7, 11) is 0. The Bertz CT molecular complexity index is 610. The van der Waals surface area contributed by atoms with Crippen molar-refractivity contribution >= 4 is 5.69 Å². The first-order chi connectivity index (χ1) is 10.1. The second-order valence-corrected chi connectivity index (χ2v) is 5.28. The number of rotatable bonds is 5. The van der Waals surface area contributed by atoms with E-state index in [0.717, 1.165) is 0 Å². The molecule has 0 aromatic heterocycles. The Morgan fingerprint density at radius 1 is 1.10 bits per heavy atom. The molecule has 2 aromatic rings. The van der Waals surface area contributed by atoms with Crippen LogP contribution in [0.2, 0.25) is 0 Å². The monoisotopic (exact) mass is 286 g/mol. The summed E-state index contributed by atoms with van der Waals surface area (Å²) >= 11 is 0. The molecule has 0 amide bonds. The third-order valence-corrected chi connectivity index (χ3v) is 4.11. The fourth-order valence-corrected chi connectivity index (χ4v) is 2.80. The van der Waals surface area contributed by atoms with E-state index < -0.39 is 0 Å². The first-order valence-corrected chi connectivity index (χ1v) is 7.37. The summed E-state index contributed by atoms with van der Waals surface area (Å²) < 4.78 is 14.1. The van der Waals surface area contributed by atoms with Crippen molar-refractivity contribution in [2.45, 2.75) is 26.8 Å². The van der Waals surface area contributed by atoms with E-state index in [-0.39, 0.29) is 11.9 Å². The second kappa shape index (κ2) is 6.72. The van der Waals surface area contributed by atoms with Gasteiger partial charge in [0.15, 0.2) is 0 Å². The van der Waals surface area contributed by atoms with E-state index in [4.69, 9.17) is 5.73 Å². The van der Waals surface area contributed by atoms with Crippen LogP contribution >= 0.6 is 0 Å². The highest BCUT2D eigenvalue weighted by molar-refractivity contribution is 5.51. The lowest BCUT2D eigenvalue weighted by molar-refractivity contribution is 0.587. The Labute approximate surface area is 126 Å². The van der Waals surface area contributed by atoms with E-state index in [1.807, 2.05) is 30.0 Å². The molecule has 0 aliphatic heterocycles. The SMILES string of the molecule is CCN(c1ccccc1F)C(CN)c1cccc(C)c1C. The van der Waals surface area contributed by atoms with Gasteiger partial charge in [0, 0.05) is 13.1 Å². The molecular formula is C18H23FN2. The molecule has 1 unspecified atom stereocenters. The molecule has 0 spiro atoms. The fraction of sp³-hybridized carbons (Fsp3) is 0.333. The zero-order chi connectivity index (χ0) is 15.4. The second-order valence-electron chi connectivity index (χ2n) is 5.28. The van der Waals surface area contributed by atoms with Gasteiger partial charge in [-0.25, -0.2) is 4.39 Å². The number of anilines is 1. The summed E-state index contributed by atoms with van der Waals surface area (Å²) in [6, 6.07) is 13.1. The van der Waals surface area contributed by atoms with Gasteiger partial charge >= 0.3 is 0 Å². The summed E-state index contributed by atoms with van der Waals surface area (Å²) in [6.07, 6.45) is 0. The van der Waals surface area contributed by atoms with Crippen molar-refractivity contribution in [2.75, 3.05) is 18.0 Å². The number of benzene rings is 2. The number of nitrogens with two attached hydrogens (primary N) is 1. The van der Waals surface area contributed by atoms with Crippen LogP contribution in [0.25, 0.3) is 0 Å². The Hall–Kier alpha value is -1.87. The zero-order valence-corrected chi connectivity index (χ0v) is 12.9. The van der Waals surface area contributed by atoms with Crippen LogP contribution in [-0.4, -0.2) is 13.1 Å². The van der Waals surface area contributed by atoms with E-state index in [1.54, 1.807) is 6.07 Å². The molecule has 112 valence electrons. The quantitative estimate of drug-likeness (QED) is 0.901. The van der Waals surface area contributed by atoms with Crippen molar-refractivity contribution in [1.29, 1.82) is 0 Å². The van der Waals surface area contributed by atoms with Crippen LogP contribution in [0.15, 0.2) is 42.5 Å². The number of nitrogens with zero attached hydrogens (tertiary/aromatic N) is 1. The molecule has 0 radical (unpaired) electrons. The number of para-hydroxylation sites is 1. The summed E-state index contributed by atoms with van der Waals surface area (Å²) in [5.41, 5.74) is 10.3. The van der Waals surface area contributed by atoms with Crippen LogP contribution in [0.1, 0.15) is 29.7 Å². The first-order valence-electron chi connectivity index (χ1n) is 7.37. The smallest absolute Gasteiger partial charge is 0.146 e. The van der Waals surface area contributed by atoms with Gasteiger partial charge in [-0.15, -0.1) is 0 Å². The minimum atomic E-state index is -0.205. The van der Waals surface area contributed by atoms with Gasteiger partial charge in [0.25, 0.3) is 0 Å². The molecule has 2 N–H and O–H groups in total.